The highest BCUT2D eigenvalue weighted by Crippen LogP contribution is 2.28. The van der Waals surface area contributed by atoms with E-state index in [2.05, 4.69) is 10.0 Å². The Morgan fingerprint density at radius 2 is 1.85 bits per heavy atom. The molecule has 0 radical (unpaired) electrons. The van der Waals surface area contributed by atoms with Crippen molar-refractivity contribution in [2.24, 2.45) is 0 Å². The number of methoxy groups -OCH3 is 1. The molecule has 0 saturated heterocycles. The highest BCUT2D eigenvalue weighted by molar-refractivity contribution is 7.89. The summed E-state index contributed by atoms with van der Waals surface area (Å²) in [6.45, 7) is 1.72. The van der Waals surface area contributed by atoms with E-state index in [1.54, 1.807) is 12.1 Å². The Morgan fingerprint density at radius 3 is 2.44 bits per heavy atom. The standard InChI is InChI=1S/C17H19N3O6S/c1-12-3-6-14(7-4-12)27(24,25)18-10-9-17(21)19-15-11-13(20(22)23)5-8-16(15)26-2/h3-8,11,18H,9-10H2,1-2H3,(H,19,21). The lowest BCUT2D eigenvalue weighted by Crippen LogP contribution is -2.27. The maximum absolute atomic E-state index is 12.2. The number of non-ortho nitro benzene ring substituents is 1. The number of nitrogens with one attached hydrogen (secondary N) is 2. The summed E-state index contributed by atoms with van der Waals surface area (Å²) in [7, 11) is -2.35. The molecule has 0 aliphatic rings. The third kappa shape index (κ3) is 5.50. The minimum absolute atomic E-state index is 0.105. The zero-order valence-corrected chi connectivity index (χ0v) is 15.6. The number of benzene rings is 2. The number of aryl methyl sites for hydroxylation is 1. The highest BCUT2D eigenvalue weighted by atomic mass is 32.2. The van der Waals surface area contributed by atoms with Crippen LogP contribution in [0, 0.1) is 17.0 Å². The summed E-state index contributed by atoms with van der Waals surface area (Å²) in [5, 5.41) is 13.3. The molecule has 0 aliphatic carbocycles. The second kappa shape index (κ2) is 8.60. The minimum atomic E-state index is -3.72. The number of hydrogen-bond acceptors (Lipinski definition) is 6. The number of hydrogen-bond donors (Lipinski definition) is 2. The molecule has 2 aromatic carbocycles. The normalized spacial score (nSPS) is 11.0. The van der Waals surface area contributed by atoms with Gasteiger partial charge in [-0.1, -0.05) is 17.7 Å². The van der Waals surface area contributed by atoms with Crippen LogP contribution in [-0.4, -0.2) is 32.9 Å². The van der Waals surface area contributed by atoms with Gasteiger partial charge in [-0.25, -0.2) is 13.1 Å². The summed E-state index contributed by atoms with van der Waals surface area (Å²) in [6, 6.07) is 10.1. The van der Waals surface area contributed by atoms with Gasteiger partial charge in [-0.05, 0) is 25.1 Å². The number of anilines is 1. The first-order chi connectivity index (χ1) is 12.7. The van der Waals surface area contributed by atoms with Crippen molar-refractivity contribution in [3.63, 3.8) is 0 Å². The lowest BCUT2D eigenvalue weighted by Gasteiger charge is -2.10. The zero-order valence-electron chi connectivity index (χ0n) is 14.8. The smallest absolute Gasteiger partial charge is 0.271 e. The molecule has 0 spiro atoms. The number of ether oxygens (including phenoxy) is 1. The van der Waals surface area contributed by atoms with Crippen LogP contribution in [0.3, 0.4) is 0 Å². The third-order valence-electron chi connectivity index (χ3n) is 3.64. The third-order valence-corrected chi connectivity index (χ3v) is 5.12. The van der Waals surface area contributed by atoms with E-state index < -0.39 is 20.9 Å². The van der Waals surface area contributed by atoms with E-state index in [9.17, 15) is 23.3 Å². The van der Waals surface area contributed by atoms with Crippen molar-refractivity contribution in [3.05, 3.63) is 58.1 Å². The zero-order chi connectivity index (χ0) is 20.0. The van der Waals surface area contributed by atoms with Gasteiger partial charge < -0.3 is 10.1 Å². The molecule has 0 bridgehead atoms. The molecule has 2 aromatic rings. The number of amides is 1. The Balaban J connectivity index is 1.97. The molecule has 9 nitrogen and oxygen atoms in total. The second-order valence-corrected chi connectivity index (χ2v) is 7.42. The van der Waals surface area contributed by atoms with Crippen molar-refractivity contribution in [2.75, 3.05) is 19.0 Å². The number of rotatable bonds is 8. The topological polar surface area (TPSA) is 128 Å². The van der Waals surface area contributed by atoms with Gasteiger partial charge in [0.1, 0.15) is 5.75 Å². The van der Waals surface area contributed by atoms with Gasteiger partial charge in [-0.15, -0.1) is 0 Å². The van der Waals surface area contributed by atoms with Crippen LogP contribution in [0.4, 0.5) is 11.4 Å². The average molecular weight is 393 g/mol. The van der Waals surface area contributed by atoms with Crippen LogP contribution in [-0.2, 0) is 14.8 Å². The van der Waals surface area contributed by atoms with Gasteiger partial charge in [0, 0.05) is 25.1 Å². The van der Waals surface area contributed by atoms with E-state index in [4.69, 9.17) is 4.74 Å². The lowest BCUT2D eigenvalue weighted by molar-refractivity contribution is -0.384. The summed E-state index contributed by atoms with van der Waals surface area (Å²) < 4.78 is 31.7. The number of sulfonamides is 1. The fourth-order valence-corrected chi connectivity index (χ4v) is 3.25. The molecule has 10 heteroatoms. The van der Waals surface area contributed by atoms with E-state index in [1.165, 1.54) is 37.4 Å². The Morgan fingerprint density at radius 1 is 1.19 bits per heavy atom. The molecule has 0 saturated carbocycles. The molecular weight excluding hydrogens is 374 g/mol. The number of nitro benzene ring substituents is 1. The summed E-state index contributed by atoms with van der Waals surface area (Å²) in [4.78, 5) is 22.4. The maximum Gasteiger partial charge on any atom is 0.271 e. The number of nitrogens with zero attached hydrogens (tertiary/aromatic N) is 1. The molecule has 144 valence electrons. The summed E-state index contributed by atoms with van der Waals surface area (Å²) in [6.07, 6.45) is -0.156. The van der Waals surface area contributed by atoms with Crippen molar-refractivity contribution in [2.45, 2.75) is 18.2 Å². The van der Waals surface area contributed by atoms with E-state index in [1.807, 2.05) is 6.92 Å². The van der Waals surface area contributed by atoms with Gasteiger partial charge in [0.15, 0.2) is 0 Å². The van der Waals surface area contributed by atoms with E-state index >= 15 is 0 Å². The molecular formula is C17H19N3O6S. The molecule has 27 heavy (non-hydrogen) atoms. The first kappa shape index (κ1) is 20.3. The molecule has 0 aromatic heterocycles. The number of nitro groups is 1. The van der Waals surface area contributed by atoms with Crippen molar-refractivity contribution in [1.82, 2.24) is 4.72 Å². The van der Waals surface area contributed by atoms with Crippen LogP contribution in [0.1, 0.15) is 12.0 Å². The highest BCUT2D eigenvalue weighted by Gasteiger charge is 2.16. The fourth-order valence-electron chi connectivity index (χ4n) is 2.22. The molecule has 1 amide bonds. The maximum atomic E-state index is 12.2. The Kier molecular flexibility index (Phi) is 6.48. The molecule has 0 heterocycles. The van der Waals surface area contributed by atoms with Crippen LogP contribution in [0.15, 0.2) is 47.4 Å². The van der Waals surface area contributed by atoms with Gasteiger partial charge in [0.25, 0.3) is 5.69 Å². The van der Waals surface area contributed by atoms with Gasteiger partial charge in [0.05, 0.1) is 22.6 Å². The number of carbonyl (C=O) groups excluding carboxylic acids is 1. The summed E-state index contributed by atoms with van der Waals surface area (Å²) in [5.41, 5.74) is 0.864. The largest absolute Gasteiger partial charge is 0.495 e. The van der Waals surface area contributed by atoms with Crippen molar-refractivity contribution < 1.29 is 22.9 Å². The fraction of sp³-hybridized carbons (Fsp3) is 0.235. The average Bonchev–Trinajstić information content (AvgIpc) is 2.61. The Hall–Kier alpha value is -2.98. The van der Waals surface area contributed by atoms with Gasteiger partial charge >= 0.3 is 0 Å². The Bertz CT molecular complexity index is 942. The summed E-state index contributed by atoms with van der Waals surface area (Å²) >= 11 is 0. The second-order valence-electron chi connectivity index (χ2n) is 5.65. The van der Waals surface area contributed by atoms with Gasteiger partial charge in [-0.2, -0.15) is 0 Å². The first-order valence-electron chi connectivity index (χ1n) is 7.91. The van der Waals surface area contributed by atoms with E-state index in [0.717, 1.165) is 5.56 Å². The van der Waals surface area contributed by atoms with Crippen LogP contribution in [0.5, 0.6) is 5.75 Å². The van der Waals surface area contributed by atoms with Crippen LogP contribution in [0.2, 0.25) is 0 Å². The number of carbonyl (C=O) groups is 1. The molecule has 0 fully saturated rings. The van der Waals surface area contributed by atoms with Crippen molar-refractivity contribution in [3.8, 4) is 5.75 Å². The van der Waals surface area contributed by atoms with Gasteiger partial charge in [-0.3, -0.25) is 14.9 Å². The minimum Gasteiger partial charge on any atom is -0.495 e. The van der Waals surface area contributed by atoms with E-state index in [-0.39, 0.29) is 35.0 Å². The molecule has 2 N–H and O–H groups in total. The SMILES string of the molecule is COc1ccc([N+](=O)[O-])cc1NC(=O)CCNS(=O)(=O)c1ccc(C)cc1. The quantitative estimate of drug-likeness (QED) is 0.523. The predicted molar refractivity (Wildman–Crippen MR) is 99.3 cm³/mol. The van der Waals surface area contributed by atoms with Crippen molar-refractivity contribution >= 4 is 27.3 Å². The first-order valence-corrected chi connectivity index (χ1v) is 9.40. The summed E-state index contributed by atoms with van der Waals surface area (Å²) in [5.74, 6) is -0.255. The van der Waals surface area contributed by atoms with Crippen LogP contribution < -0.4 is 14.8 Å². The molecule has 0 unspecified atom stereocenters. The van der Waals surface area contributed by atoms with Crippen LogP contribution in [0.25, 0.3) is 0 Å². The molecule has 2 rings (SSSR count). The monoisotopic (exact) mass is 393 g/mol. The lowest BCUT2D eigenvalue weighted by atomic mass is 10.2. The van der Waals surface area contributed by atoms with Crippen LogP contribution >= 0.6 is 0 Å². The van der Waals surface area contributed by atoms with Crippen molar-refractivity contribution in [1.29, 1.82) is 0 Å². The van der Waals surface area contributed by atoms with Gasteiger partial charge in [0.2, 0.25) is 15.9 Å². The molecule has 0 aliphatic heterocycles. The van der Waals surface area contributed by atoms with E-state index in [0.29, 0.717) is 0 Å². The molecule has 0 atom stereocenters. The Labute approximate surface area is 156 Å². The predicted octanol–water partition coefficient (Wildman–Crippen LogP) is 2.22.